The Morgan fingerprint density at radius 3 is 2.95 bits per heavy atom. The summed E-state index contributed by atoms with van der Waals surface area (Å²) in [5, 5.41) is 7.92. The Morgan fingerprint density at radius 2 is 2.18 bits per heavy atom. The summed E-state index contributed by atoms with van der Waals surface area (Å²) in [7, 11) is 0. The Hall–Kier alpha value is -3.22. The topological polar surface area (TPSA) is 86.4 Å². The van der Waals surface area contributed by atoms with Crippen molar-refractivity contribution < 1.29 is 13.7 Å². The van der Waals surface area contributed by atoms with Crippen LogP contribution in [0.15, 0.2) is 58.0 Å². The monoisotopic (exact) mass is 294 g/mol. The van der Waals surface area contributed by atoms with Crippen LogP contribution in [0.1, 0.15) is 16.4 Å². The van der Waals surface area contributed by atoms with Gasteiger partial charge in [0.1, 0.15) is 0 Å². The van der Waals surface area contributed by atoms with Crippen molar-refractivity contribution in [2.45, 2.75) is 6.42 Å². The van der Waals surface area contributed by atoms with Crippen molar-refractivity contribution in [1.29, 1.82) is 0 Å². The lowest BCUT2D eigenvalue weighted by Gasteiger charge is -1.99. The molecule has 22 heavy (non-hydrogen) atoms. The number of Topliss-reactive ketones (excluding diaryl/α,β-unsaturated/α-hetero) is 1. The van der Waals surface area contributed by atoms with Gasteiger partial charge in [0.05, 0.1) is 30.8 Å². The molecule has 108 valence electrons. The zero-order chi connectivity index (χ0) is 14.9. The van der Waals surface area contributed by atoms with Crippen LogP contribution in [0.2, 0.25) is 0 Å². The second-order valence-corrected chi connectivity index (χ2v) is 4.70. The van der Waals surface area contributed by atoms with Crippen LogP contribution in [0.5, 0.6) is 0 Å². The van der Waals surface area contributed by atoms with E-state index in [2.05, 4.69) is 15.2 Å². The number of pyridine rings is 1. The number of carbonyl (C=O) groups excluding carboxylic acids is 1. The molecule has 4 heterocycles. The molecule has 4 aromatic rings. The largest absolute Gasteiger partial charge is 0.472 e. The van der Waals surface area contributed by atoms with Gasteiger partial charge in [-0.05, 0) is 18.2 Å². The van der Waals surface area contributed by atoms with Crippen molar-refractivity contribution in [3.8, 4) is 11.3 Å². The summed E-state index contributed by atoms with van der Waals surface area (Å²) in [5.41, 5.74) is 2.40. The lowest BCUT2D eigenvalue weighted by atomic mass is 10.2. The van der Waals surface area contributed by atoms with E-state index in [1.807, 2.05) is 24.3 Å². The first-order valence-electron chi connectivity index (χ1n) is 6.62. The minimum Gasteiger partial charge on any atom is -0.472 e. The average molecular weight is 294 g/mol. The highest BCUT2D eigenvalue weighted by atomic mass is 16.5. The molecule has 0 saturated carbocycles. The average Bonchev–Trinajstić information content (AvgIpc) is 3.26. The first kappa shape index (κ1) is 12.5. The number of hydrogen-bond acceptors (Lipinski definition) is 6. The Labute approximate surface area is 124 Å². The molecule has 0 radical (unpaired) electrons. The first-order chi connectivity index (χ1) is 10.8. The zero-order valence-electron chi connectivity index (χ0n) is 11.3. The summed E-state index contributed by atoms with van der Waals surface area (Å²) in [6.07, 6.45) is 4.72. The fraction of sp³-hybridized carbons (Fsp3) is 0.0667. The van der Waals surface area contributed by atoms with Crippen molar-refractivity contribution in [3.05, 3.63) is 60.6 Å². The lowest BCUT2D eigenvalue weighted by molar-refractivity contribution is 0.0955. The highest BCUT2D eigenvalue weighted by Gasteiger charge is 2.15. The van der Waals surface area contributed by atoms with Gasteiger partial charge in [-0.3, -0.25) is 4.79 Å². The van der Waals surface area contributed by atoms with Crippen LogP contribution in [-0.2, 0) is 6.42 Å². The third-order valence-electron chi connectivity index (χ3n) is 3.25. The van der Waals surface area contributed by atoms with Gasteiger partial charge >= 0.3 is 0 Å². The van der Waals surface area contributed by atoms with E-state index in [0.29, 0.717) is 11.5 Å². The zero-order valence-corrected chi connectivity index (χ0v) is 11.3. The van der Waals surface area contributed by atoms with Crippen molar-refractivity contribution in [1.82, 2.24) is 19.8 Å². The summed E-state index contributed by atoms with van der Waals surface area (Å²) >= 11 is 0. The van der Waals surface area contributed by atoms with E-state index in [9.17, 15) is 4.79 Å². The molecule has 0 N–H and O–H groups in total. The van der Waals surface area contributed by atoms with Gasteiger partial charge in [0, 0.05) is 11.6 Å². The molecule has 7 nitrogen and oxygen atoms in total. The van der Waals surface area contributed by atoms with Gasteiger partial charge in [0.25, 0.3) is 0 Å². The van der Waals surface area contributed by atoms with E-state index in [4.69, 9.17) is 8.94 Å². The highest BCUT2D eigenvalue weighted by molar-refractivity contribution is 5.94. The van der Waals surface area contributed by atoms with Gasteiger partial charge in [-0.25, -0.2) is 9.50 Å². The number of fused-ring (bicyclic) bond motifs is 1. The Morgan fingerprint density at radius 1 is 1.23 bits per heavy atom. The summed E-state index contributed by atoms with van der Waals surface area (Å²) < 4.78 is 11.6. The second-order valence-electron chi connectivity index (χ2n) is 4.70. The van der Waals surface area contributed by atoms with Crippen molar-refractivity contribution >= 4 is 11.4 Å². The number of carbonyl (C=O) groups is 1. The standard InChI is InChI=1S/C15H10N4O3/c20-12(13-4-6-16-22-13)8-14-17-15-3-1-2-11(19(15)18-14)10-5-7-21-9-10/h1-7,9H,8H2. The maximum absolute atomic E-state index is 12.0. The number of furan rings is 1. The third-order valence-corrected chi connectivity index (χ3v) is 3.25. The molecule has 0 bridgehead atoms. The number of ketones is 1. The smallest absolute Gasteiger partial charge is 0.208 e. The number of hydrogen-bond donors (Lipinski definition) is 0. The van der Waals surface area contributed by atoms with Crippen LogP contribution >= 0.6 is 0 Å². The molecule has 0 aliphatic heterocycles. The third kappa shape index (κ3) is 2.08. The maximum atomic E-state index is 12.0. The normalized spacial score (nSPS) is 11.1. The molecular formula is C15H10N4O3. The Bertz CT molecular complexity index is 923. The first-order valence-corrected chi connectivity index (χ1v) is 6.62. The number of rotatable bonds is 4. The molecule has 7 heteroatoms. The van der Waals surface area contributed by atoms with Gasteiger partial charge in [-0.15, -0.1) is 0 Å². The SMILES string of the molecule is O=C(Cc1nc2cccc(-c3ccoc3)n2n1)c1ccno1. The fourth-order valence-electron chi connectivity index (χ4n) is 2.24. The predicted octanol–water partition coefficient (Wildman–Crippen LogP) is 2.40. The van der Waals surface area contributed by atoms with Gasteiger partial charge < -0.3 is 8.94 Å². The second kappa shape index (κ2) is 4.96. The predicted molar refractivity (Wildman–Crippen MR) is 75.2 cm³/mol. The summed E-state index contributed by atoms with van der Waals surface area (Å²) in [6.45, 7) is 0. The molecule has 0 aliphatic rings. The van der Waals surface area contributed by atoms with Crippen LogP contribution in [0.3, 0.4) is 0 Å². The molecule has 0 aliphatic carbocycles. The summed E-state index contributed by atoms with van der Waals surface area (Å²) in [6, 6.07) is 8.99. The number of nitrogens with zero attached hydrogens (tertiary/aromatic N) is 4. The lowest BCUT2D eigenvalue weighted by Crippen LogP contribution is -2.04. The van der Waals surface area contributed by atoms with Gasteiger partial charge in [0.15, 0.2) is 11.5 Å². The van der Waals surface area contributed by atoms with Crippen LogP contribution in [-0.4, -0.2) is 25.5 Å². The molecular weight excluding hydrogens is 284 g/mol. The van der Waals surface area contributed by atoms with Crippen molar-refractivity contribution in [3.63, 3.8) is 0 Å². The molecule has 0 saturated heterocycles. The van der Waals surface area contributed by atoms with Crippen LogP contribution in [0.4, 0.5) is 0 Å². The maximum Gasteiger partial charge on any atom is 0.208 e. The quantitative estimate of drug-likeness (QED) is 0.537. The van der Waals surface area contributed by atoms with E-state index in [1.165, 1.54) is 12.3 Å². The molecule has 0 fully saturated rings. The summed E-state index contributed by atoms with van der Waals surface area (Å²) in [4.78, 5) is 16.4. The van der Waals surface area contributed by atoms with E-state index in [-0.39, 0.29) is 18.0 Å². The van der Waals surface area contributed by atoms with E-state index >= 15 is 0 Å². The van der Waals surface area contributed by atoms with Gasteiger partial charge in [0.2, 0.25) is 11.5 Å². The minimum absolute atomic E-state index is 0.0572. The minimum atomic E-state index is -0.210. The molecule has 0 amide bonds. The Kier molecular flexibility index (Phi) is 2.82. The number of aromatic nitrogens is 4. The van der Waals surface area contributed by atoms with Crippen molar-refractivity contribution in [2.75, 3.05) is 0 Å². The molecule has 0 atom stereocenters. The molecule has 0 spiro atoms. The van der Waals surface area contributed by atoms with Crippen molar-refractivity contribution in [2.24, 2.45) is 0 Å². The van der Waals surface area contributed by atoms with E-state index < -0.39 is 0 Å². The molecule has 0 aromatic carbocycles. The van der Waals surface area contributed by atoms with Crippen LogP contribution in [0.25, 0.3) is 16.9 Å². The fourth-order valence-corrected chi connectivity index (χ4v) is 2.24. The van der Waals surface area contributed by atoms with Gasteiger partial charge in [-0.2, -0.15) is 5.10 Å². The van der Waals surface area contributed by atoms with Crippen LogP contribution < -0.4 is 0 Å². The molecule has 4 aromatic heterocycles. The Balaban J connectivity index is 1.72. The van der Waals surface area contributed by atoms with Gasteiger partial charge in [-0.1, -0.05) is 11.2 Å². The highest BCUT2D eigenvalue weighted by Crippen LogP contribution is 2.20. The summed E-state index contributed by atoms with van der Waals surface area (Å²) in [5.74, 6) is 0.421. The van der Waals surface area contributed by atoms with Crippen LogP contribution in [0, 0.1) is 0 Å². The van der Waals surface area contributed by atoms with E-state index in [0.717, 1.165) is 11.3 Å². The molecule has 4 rings (SSSR count). The molecule has 0 unspecified atom stereocenters. The van der Waals surface area contributed by atoms with E-state index in [1.54, 1.807) is 17.0 Å².